The molecule has 0 bridgehead atoms. The van der Waals surface area contributed by atoms with E-state index in [0.29, 0.717) is 4.90 Å². The van der Waals surface area contributed by atoms with Gasteiger partial charge in [0.2, 0.25) is 0 Å². The molecule has 3 N–H and O–H groups in total. The molecular weight excluding hydrogens is 300 g/mol. The molecule has 0 radical (unpaired) electrons. The molecule has 1 amide bonds. The number of hydrogen-bond acceptors (Lipinski definition) is 6. The quantitative estimate of drug-likeness (QED) is 0.403. The summed E-state index contributed by atoms with van der Waals surface area (Å²) in [7, 11) is 0. The standard InChI is InChI=1S/C12H14N2O6S/c1-6(15)10(12(17)18)13-11(16)8-5-7(21-2)3-4-9(8)14(19)20/h3-6,10,15H,1-2H3,(H,13,16)(H,17,18)/t6-,10+/m1/s1. The van der Waals surface area contributed by atoms with Crippen LogP contribution in [0.25, 0.3) is 0 Å². The van der Waals surface area contributed by atoms with Crippen LogP contribution in [-0.4, -0.2) is 45.4 Å². The SMILES string of the molecule is CSc1ccc([N+](=O)[O-])c(C(=O)N[C@H](C(=O)O)[C@@H](C)O)c1. The minimum atomic E-state index is -1.55. The fraction of sp³-hybridized carbons (Fsp3) is 0.333. The van der Waals surface area contributed by atoms with Crippen LogP contribution in [0, 0.1) is 10.1 Å². The summed E-state index contributed by atoms with van der Waals surface area (Å²) in [4.78, 5) is 33.8. The Morgan fingerprint density at radius 3 is 2.48 bits per heavy atom. The summed E-state index contributed by atoms with van der Waals surface area (Å²) in [5.41, 5.74) is -0.682. The van der Waals surface area contributed by atoms with E-state index in [1.54, 1.807) is 6.26 Å². The fourth-order valence-electron chi connectivity index (χ4n) is 1.59. The van der Waals surface area contributed by atoms with Crippen molar-refractivity contribution in [3.8, 4) is 0 Å². The van der Waals surface area contributed by atoms with Gasteiger partial charge in [0.05, 0.1) is 11.0 Å². The number of hydrogen-bond donors (Lipinski definition) is 3. The van der Waals surface area contributed by atoms with E-state index in [1.165, 1.54) is 36.9 Å². The molecule has 0 saturated heterocycles. The van der Waals surface area contributed by atoms with Crippen LogP contribution in [0.5, 0.6) is 0 Å². The predicted octanol–water partition coefficient (Wildman–Crippen LogP) is 0.881. The van der Waals surface area contributed by atoms with Crippen LogP contribution in [0.1, 0.15) is 17.3 Å². The number of aliphatic carboxylic acids is 1. The van der Waals surface area contributed by atoms with Crippen molar-refractivity contribution < 1.29 is 24.7 Å². The second-order valence-corrected chi connectivity index (χ2v) is 5.05. The second-order valence-electron chi connectivity index (χ2n) is 4.17. The number of benzene rings is 1. The van der Waals surface area contributed by atoms with Gasteiger partial charge < -0.3 is 15.5 Å². The van der Waals surface area contributed by atoms with Crippen molar-refractivity contribution in [2.75, 3.05) is 6.26 Å². The first kappa shape index (κ1) is 16.9. The number of aliphatic hydroxyl groups excluding tert-OH is 1. The first-order valence-corrected chi connectivity index (χ1v) is 7.04. The molecule has 114 valence electrons. The number of nitro benzene ring substituents is 1. The molecule has 1 rings (SSSR count). The van der Waals surface area contributed by atoms with Crippen molar-refractivity contribution in [3.63, 3.8) is 0 Å². The van der Waals surface area contributed by atoms with E-state index < -0.39 is 34.6 Å². The summed E-state index contributed by atoms with van der Waals surface area (Å²) in [6, 6.07) is 2.43. The van der Waals surface area contributed by atoms with Gasteiger partial charge in [-0.05, 0) is 25.3 Å². The maximum Gasteiger partial charge on any atom is 0.328 e. The zero-order valence-corrected chi connectivity index (χ0v) is 12.1. The zero-order valence-electron chi connectivity index (χ0n) is 11.3. The highest BCUT2D eigenvalue weighted by molar-refractivity contribution is 7.98. The average Bonchev–Trinajstić information content (AvgIpc) is 2.42. The number of thioether (sulfide) groups is 1. The molecule has 21 heavy (non-hydrogen) atoms. The Labute approximate surface area is 124 Å². The van der Waals surface area contributed by atoms with Crippen LogP contribution < -0.4 is 5.32 Å². The van der Waals surface area contributed by atoms with Gasteiger partial charge in [-0.15, -0.1) is 11.8 Å². The van der Waals surface area contributed by atoms with Gasteiger partial charge in [0, 0.05) is 11.0 Å². The Bertz CT molecular complexity index is 575. The van der Waals surface area contributed by atoms with Crippen molar-refractivity contribution in [2.45, 2.75) is 24.0 Å². The first-order chi connectivity index (χ1) is 9.77. The molecule has 2 atom stereocenters. The first-order valence-electron chi connectivity index (χ1n) is 5.82. The average molecular weight is 314 g/mol. The molecule has 8 nitrogen and oxygen atoms in total. The fourth-order valence-corrected chi connectivity index (χ4v) is 2.03. The Balaban J connectivity index is 3.16. The molecule has 1 aromatic rings. The van der Waals surface area contributed by atoms with Crippen LogP contribution in [-0.2, 0) is 4.79 Å². The Kier molecular flexibility index (Phi) is 5.68. The lowest BCUT2D eigenvalue weighted by molar-refractivity contribution is -0.385. The van der Waals surface area contributed by atoms with Crippen LogP contribution in [0.3, 0.4) is 0 Å². The van der Waals surface area contributed by atoms with E-state index >= 15 is 0 Å². The summed E-state index contributed by atoms with van der Waals surface area (Å²) in [5, 5.41) is 31.2. The van der Waals surface area contributed by atoms with E-state index in [-0.39, 0.29) is 5.56 Å². The molecular formula is C12H14N2O6S. The summed E-state index contributed by atoms with van der Waals surface area (Å²) in [6.45, 7) is 1.20. The van der Waals surface area contributed by atoms with E-state index in [4.69, 9.17) is 5.11 Å². The molecule has 0 aliphatic heterocycles. The van der Waals surface area contributed by atoms with E-state index in [1.807, 2.05) is 0 Å². The number of amides is 1. The van der Waals surface area contributed by atoms with Gasteiger partial charge in [-0.3, -0.25) is 14.9 Å². The third kappa shape index (κ3) is 4.17. The maximum absolute atomic E-state index is 12.1. The van der Waals surface area contributed by atoms with Crippen molar-refractivity contribution >= 4 is 29.3 Å². The van der Waals surface area contributed by atoms with Crippen molar-refractivity contribution in [2.24, 2.45) is 0 Å². The Morgan fingerprint density at radius 1 is 1.43 bits per heavy atom. The zero-order chi connectivity index (χ0) is 16.2. The lowest BCUT2D eigenvalue weighted by Gasteiger charge is -2.17. The highest BCUT2D eigenvalue weighted by Crippen LogP contribution is 2.24. The molecule has 0 fully saturated rings. The van der Waals surface area contributed by atoms with Gasteiger partial charge in [-0.25, -0.2) is 4.79 Å². The monoisotopic (exact) mass is 314 g/mol. The smallest absolute Gasteiger partial charge is 0.328 e. The van der Waals surface area contributed by atoms with Gasteiger partial charge in [0.15, 0.2) is 6.04 Å². The number of nitro groups is 1. The Morgan fingerprint density at radius 2 is 2.05 bits per heavy atom. The van der Waals surface area contributed by atoms with Crippen LogP contribution in [0.2, 0.25) is 0 Å². The highest BCUT2D eigenvalue weighted by atomic mass is 32.2. The molecule has 0 aromatic heterocycles. The minimum absolute atomic E-state index is 0.251. The molecule has 0 unspecified atom stereocenters. The van der Waals surface area contributed by atoms with Gasteiger partial charge in [0.1, 0.15) is 5.56 Å². The predicted molar refractivity (Wildman–Crippen MR) is 75.4 cm³/mol. The van der Waals surface area contributed by atoms with Crippen LogP contribution in [0.15, 0.2) is 23.1 Å². The number of carbonyl (C=O) groups excluding carboxylic acids is 1. The molecule has 0 heterocycles. The highest BCUT2D eigenvalue weighted by Gasteiger charge is 2.28. The third-order valence-electron chi connectivity index (χ3n) is 2.68. The van der Waals surface area contributed by atoms with Gasteiger partial charge >= 0.3 is 5.97 Å². The summed E-state index contributed by atoms with van der Waals surface area (Å²) < 4.78 is 0. The van der Waals surface area contributed by atoms with Crippen molar-refractivity contribution in [1.82, 2.24) is 5.32 Å². The second kappa shape index (κ2) is 7.04. The molecule has 0 aliphatic rings. The molecule has 1 aromatic carbocycles. The van der Waals surface area contributed by atoms with E-state index in [2.05, 4.69) is 5.32 Å². The maximum atomic E-state index is 12.1. The van der Waals surface area contributed by atoms with Crippen molar-refractivity contribution in [1.29, 1.82) is 0 Å². The number of aliphatic hydroxyl groups is 1. The number of nitrogens with zero attached hydrogens (tertiary/aromatic N) is 1. The normalized spacial score (nSPS) is 13.3. The summed E-state index contributed by atoms with van der Waals surface area (Å²) >= 11 is 1.28. The summed E-state index contributed by atoms with van der Waals surface area (Å²) in [5.74, 6) is -2.35. The number of carboxylic acids is 1. The van der Waals surface area contributed by atoms with Gasteiger partial charge in [-0.2, -0.15) is 0 Å². The van der Waals surface area contributed by atoms with Crippen molar-refractivity contribution in [3.05, 3.63) is 33.9 Å². The van der Waals surface area contributed by atoms with E-state index in [9.17, 15) is 24.8 Å². The topological polar surface area (TPSA) is 130 Å². The van der Waals surface area contributed by atoms with Crippen LogP contribution >= 0.6 is 11.8 Å². The third-order valence-corrected chi connectivity index (χ3v) is 3.41. The number of rotatable bonds is 6. The molecule has 9 heteroatoms. The number of nitrogens with one attached hydrogen (secondary N) is 1. The minimum Gasteiger partial charge on any atom is -0.480 e. The molecule has 0 saturated carbocycles. The summed E-state index contributed by atoms with van der Waals surface area (Å²) in [6.07, 6.45) is 0.396. The van der Waals surface area contributed by atoms with Gasteiger partial charge in [-0.1, -0.05) is 0 Å². The van der Waals surface area contributed by atoms with Gasteiger partial charge in [0.25, 0.3) is 11.6 Å². The molecule has 0 aliphatic carbocycles. The lowest BCUT2D eigenvalue weighted by Crippen LogP contribution is -2.47. The van der Waals surface area contributed by atoms with Crippen LogP contribution in [0.4, 0.5) is 5.69 Å². The molecule has 0 spiro atoms. The Hall–Kier alpha value is -2.13. The lowest BCUT2D eigenvalue weighted by atomic mass is 10.1. The largest absolute Gasteiger partial charge is 0.480 e. The van der Waals surface area contributed by atoms with E-state index in [0.717, 1.165) is 0 Å². The number of carboxylic acid groups (broad SMARTS) is 1. The number of carbonyl (C=O) groups is 2.